The van der Waals surface area contributed by atoms with E-state index < -0.39 is 34.1 Å². The molecule has 3 aromatic carbocycles. The monoisotopic (exact) mass is 569 g/mol. The van der Waals surface area contributed by atoms with Gasteiger partial charge < -0.3 is 10.2 Å². The molecule has 2 amide bonds. The quantitative estimate of drug-likeness (QED) is 0.369. The van der Waals surface area contributed by atoms with E-state index in [-0.39, 0.29) is 17.3 Å². The van der Waals surface area contributed by atoms with E-state index in [0.717, 1.165) is 15.4 Å². The van der Waals surface area contributed by atoms with Crippen molar-refractivity contribution in [1.82, 2.24) is 10.2 Å². The van der Waals surface area contributed by atoms with Crippen LogP contribution in [0, 0.1) is 13.8 Å². The zero-order valence-electron chi connectivity index (χ0n) is 23.2. The standard InChI is InChI=1S/C30H36ClN3O4S/c1-21-12-14-24(15-13-21)19-33(23(3)29(36)32-30(4,5)6)28(35)20-34(27-17-16-25(31)18-22(27)2)39(37,38)26-10-8-7-9-11-26/h7-18,23H,19-20H2,1-6H3,(H,32,36)/t23-/m1/s1. The first kappa shape index (κ1) is 30.2. The van der Waals surface area contributed by atoms with Crippen molar-refractivity contribution < 1.29 is 18.0 Å². The van der Waals surface area contributed by atoms with Gasteiger partial charge in [0.1, 0.15) is 12.6 Å². The fourth-order valence-corrected chi connectivity index (χ4v) is 5.80. The molecule has 0 aliphatic heterocycles. The second-order valence-corrected chi connectivity index (χ2v) is 13.0. The molecular formula is C30H36ClN3O4S. The molecule has 0 heterocycles. The zero-order chi connectivity index (χ0) is 29.0. The number of hydrogen-bond acceptors (Lipinski definition) is 4. The van der Waals surface area contributed by atoms with Crippen LogP contribution in [0.15, 0.2) is 77.7 Å². The first-order valence-electron chi connectivity index (χ1n) is 12.7. The van der Waals surface area contributed by atoms with Gasteiger partial charge >= 0.3 is 0 Å². The summed E-state index contributed by atoms with van der Waals surface area (Å²) in [6, 6.07) is 19.6. The molecule has 39 heavy (non-hydrogen) atoms. The Hall–Kier alpha value is -3.36. The number of aryl methyl sites for hydroxylation is 2. The highest BCUT2D eigenvalue weighted by atomic mass is 35.5. The van der Waals surface area contributed by atoms with Crippen LogP contribution >= 0.6 is 11.6 Å². The maximum Gasteiger partial charge on any atom is 0.264 e. The summed E-state index contributed by atoms with van der Waals surface area (Å²) in [6.07, 6.45) is 0. The minimum Gasteiger partial charge on any atom is -0.350 e. The Morgan fingerprint density at radius 1 is 0.949 bits per heavy atom. The zero-order valence-corrected chi connectivity index (χ0v) is 24.8. The molecule has 1 atom stereocenters. The number of carbonyl (C=O) groups is 2. The average molecular weight is 570 g/mol. The molecule has 0 fully saturated rings. The van der Waals surface area contributed by atoms with E-state index in [1.54, 1.807) is 50.2 Å². The summed E-state index contributed by atoms with van der Waals surface area (Å²) in [6.45, 7) is 10.6. The Balaban J connectivity index is 2.05. The van der Waals surface area contributed by atoms with Gasteiger partial charge in [-0.3, -0.25) is 13.9 Å². The molecule has 0 aliphatic carbocycles. The summed E-state index contributed by atoms with van der Waals surface area (Å²) < 4.78 is 28.8. The van der Waals surface area contributed by atoms with Gasteiger partial charge in [0, 0.05) is 17.1 Å². The van der Waals surface area contributed by atoms with Crippen molar-refractivity contribution >= 4 is 39.1 Å². The summed E-state index contributed by atoms with van der Waals surface area (Å²) in [4.78, 5) is 28.6. The van der Waals surface area contributed by atoms with E-state index in [1.165, 1.54) is 17.0 Å². The number of halogens is 1. The summed E-state index contributed by atoms with van der Waals surface area (Å²) >= 11 is 6.15. The fraction of sp³-hybridized carbons (Fsp3) is 0.333. The number of benzene rings is 3. The van der Waals surface area contributed by atoms with Crippen LogP contribution in [0.2, 0.25) is 5.02 Å². The van der Waals surface area contributed by atoms with E-state index in [1.807, 2.05) is 52.0 Å². The molecule has 208 valence electrons. The Morgan fingerprint density at radius 2 is 1.56 bits per heavy atom. The van der Waals surface area contributed by atoms with Gasteiger partial charge in [0.05, 0.1) is 10.6 Å². The van der Waals surface area contributed by atoms with Crippen LogP contribution in [-0.4, -0.2) is 43.3 Å². The molecule has 0 aliphatic rings. The topological polar surface area (TPSA) is 86.8 Å². The van der Waals surface area contributed by atoms with E-state index >= 15 is 0 Å². The number of anilines is 1. The highest BCUT2D eigenvalue weighted by molar-refractivity contribution is 7.92. The molecule has 3 rings (SSSR count). The molecule has 0 spiro atoms. The molecular weight excluding hydrogens is 534 g/mol. The Bertz CT molecular complexity index is 1420. The third kappa shape index (κ3) is 7.83. The molecule has 1 N–H and O–H groups in total. The maximum absolute atomic E-state index is 14.0. The third-order valence-corrected chi connectivity index (χ3v) is 8.19. The van der Waals surface area contributed by atoms with E-state index in [9.17, 15) is 18.0 Å². The molecule has 0 saturated carbocycles. The predicted molar refractivity (Wildman–Crippen MR) is 156 cm³/mol. The molecule has 0 unspecified atom stereocenters. The van der Waals surface area contributed by atoms with Crippen molar-refractivity contribution in [2.45, 2.75) is 64.6 Å². The van der Waals surface area contributed by atoms with Crippen molar-refractivity contribution in [3.05, 3.63) is 94.5 Å². The van der Waals surface area contributed by atoms with Crippen molar-refractivity contribution in [3.8, 4) is 0 Å². The van der Waals surface area contributed by atoms with Gasteiger partial charge in [-0.1, -0.05) is 59.6 Å². The van der Waals surface area contributed by atoms with Gasteiger partial charge in [0.2, 0.25) is 11.8 Å². The van der Waals surface area contributed by atoms with E-state index in [2.05, 4.69) is 5.32 Å². The Morgan fingerprint density at radius 3 is 2.13 bits per heavy atom. The van der Waals surface area contributed by atoms with Gasteiger partial charge in [0.25, 0.3) is 10.0 Å². The summed E-state index contributed by atoms with van der Waals surface area (Å²) in [5.74, 6) is -0.843. The van der Waals surface area contributed by atoms with Gasteiger partial charge in [-0.15, -0.1) is 0 Å². The highest BCUT2D eigenvalue weighted by Crippen LogP contribution is 2.29. The SMILES string of the molecule is Cc1ccc(CN(C(=O)CN(c2ccc(Cl)cc2C)S(=O)(=O)c2ccccc2)[C@H](C)C(=O)NC(C)(C)C)cc1. The lowest BCUT2D eigenvalue weighted by Gasteiger charge is -2.34. The number of nitrogens with zero attached hydrogens (tertiary/aromatic N) is 2. The number of hydrogen-bond donors (Lipinski definition) is 1. The van der Waals surface area contributed by atoms with Crippen LogP contribution in [0.3, 0.4) is 0 Å². The summed E-state index contributed by atoms with van der Waals surface area (Å²) in [5.41, 5.74) is 2.31. The van der Waals surface area contributed by atoms with Crippen LogP contribution in [0.5, 0.6) is 0 Å². The molecule has 7 nitrogen and oxygen atoms in total. The second-order valence-electron chi connectivity index (χ2n) is 10.7. The number of carbonyl (C=O) groups excluding carboxylic acids is 2. The minimum absolute atomic E-state index is 0.0516. The number of rotatable bonds is 9. The van der Waals surface area contributed by atoms with Crippen LogP contribution < -0.4 is 9.62 Å². The summed E-state index contributed by atoms with van der Waals surface area (Å²) in [7, 11) is -4.13. The fourth-order valence-electron chi connectivity index (χ4n) is 4.08. The van der Waals surface area contributed by atoms with Gasteiger partial charge in [-0.2, -0.15) is 0 Å². The largest absolute Gasteiger partial charge is 0.350 e. The molecule has 9 heteroatoms. The van der Waals surface area contributed by atoms with Gasteiger partial charge in [-0.05, 0) is 83.0 Å². The number of nitrogens with one attached hydrogen (secondary N) is 1. The summed E-state index contributed by atoms with van der Waals surface area (Å²) in [5, 5.41) is 3.38. The van der Waals surface area contributed by atoms with Crippen LogP contribution in [0.1, 0.15) is 44.4 Å². The predicted octanol–water partition coefficient (Wildman–Crippen LogP) is 5.48. The molecule has 3 aromatic rings. The number of sulfonamides is 1. The normalized spacial score (nSPS) is 12.5. The second kappa shape index (κ2) is 12.2. The van der Waals surface area contributed by atoms with E-state index in [0.29, 0.717) is 16.3 Å². The lowest BCUT2D eigenvalue weighted by Crippen LogP contribution is -2.54. The lowest BCUT2D eigenvalue weighted by atomic mass is 10.1. The van der Waals surface area contributed by atoms with Crippen molar-refractivity contribution in [2.24, 2.45) is 0 Å². The first-order chi connectivity index (χ1) is 18.2. The van der Waals surface area contributed by atoms with E-state index in [4.69, 9.17) is 11.6 Å². The molecule has 0 bridgehead atoms. The number of amides is 2. The average Bonchev–Trinajstić information content (AvgIpc) is 2.86. The third-order valence-electron chi connectivity index (χ3n) is 6.18. The molecule has 0 radical (unpaired) electrons. The van der Waals surface area contributed by atoms with Crippen LogP contribution in [0.25, 0.3) is 0 Å². The molecule has 0 aromatic heterocycles. The van der Waals surface area contributed by atoms with Crippen LogP contribution in [-0.2, 0) is 26.2 Å². The smallest absolute Gasteiger partial charge is 0.264 e. The highest BCUT2D eigenvalue weighted by Gasteiger charge is 2.33. The lowest BCUT2D eigenvalue weighted by molar-refractivity contribution is -0.140. The minimum atomic E-state index is -4.13. The Kier molecular flexibility index (Phi) is 9.46. The van der Waals surface area contributed by atoms with Gasteiger partial charge in [0.15, 0.2) is 0 Å². The van der Waals surface area contributed by atoms with Gasteiger partial charge in [-0.25, -0.2) is 8.42 Å². The Labute approximate surface area is 236 Å². The first-order valence-corrected chi connectivity index (χ1v) is 14.5. The maximum atomic E-state index is 14.0. The van der Waals surface area contributed by atoms with Crippen molar-refractivity contribution in [2.75, 3.05) is 10.8 Å². The van der Waals surface area contributed by atoms with Crippen LogP contribution in [0.4, 0.5) is 5.69 Å². The van der Waals surface area contributed by atoms with Crippen molar-refractivity contribution in [1.29, 1.82) is 0 Å². The molecule has 0 saturated heterocycles. The van der Waals surface area contributed by atoms with Crippen molar-refractivity contribution in [3.63, 3.8) is 0 Å².